The molecule has 1 heterocycles. The summed E-state index contributed by atoms with van der Waals surface area (Å²) in [7, 11) is 0. The number of rotatable bonds is 8. The molecule has 12 heteroatoms. The lowest BCUT2D eigenvalue weighted by atomic mass is 9.85. The largest absolute Gasteiger partial charge is 0.494 e. The van der Waals surface area contributed by atoms with Gasteiger partial charge in [-0.15, -0.1) is 0 Å². The third-order valence-electron chi connectivity index (χ3n) is 5.83. The lowest BCUT2D eigenvalue weighted by molar-refractivity contribution is -0.0570. The van der Waals surface area contributed by atoms with Crippen LogP contribution in [0.1, 0.15) is 56.4 Å². The predicted molar refractivity (Wildman–Crippen MR) is 134 cm³/mol. The van der Waals surface area contributed by atoms with Gasteiger partial charge in [0.15, 0.2) is 0 Å². The minimum atomic E-state index is -1.32. The van der Waals surface area contributed by atoms with Crippen molar-refractivity contribution in [2.75, 3.05) is 13.2 Å². The first kappa shape index (κ1) is 27.9. The standard InChI is InChI=1S/C25H34N4O8/c1-25(2,3)37-24(35)26-12-4-14-36-16-7-5-15(6-8-16)22(33)27-17-9-10-18(21(32)20(17)31)29-13-11-19(30)28-23(29)34/h5-8,11,13,17-18,20-21,31-32H,4,9-10,12,14H2,1-3H3,(H,26,35)(H,27,33)(H,28,30,34)/t17-,18-,20-,21-/m1/s1. The SMILES string of the molecule is CC(C)(C)OC(=O)NCCCOc1ccc(C(=O)N[C@@H]2CC[C@@H](n3ccc(=O)[nH]c3=O)[C@@H](O)[C@@H]2O)cc1. The molecule has 4 atom stereocenters. The Bertz CT molecular complexity index is 1180. The van der Waals surface area contributed by atoms with Crippen molar-refractivity contribution < 1.29 is 29.3 Å². The molecule has 2 amide bonds. The summed E-state index contributed by atoms with van der Waals surface area (Å²) in [6, 6.07) is 6.16. The summed E-state index contributed by atoms with van der Waals surface area (Å²) in [5.74, 6) is 0.125. The number of carbonyl (C=O) groups is 2. The van der Waals surface area contributed by atoms with Gasteiger partial charge in [0.25, 0.3) is 11.5 Å². The average Bonchev–Trinajstić information content (AvgIpc) is 2.82. The summed E-state index contributed by atoms with van der Waals surface area (Å²) < 4.78 is 12.0. The van der Waals surface area contributed by atoms with E-state index in [2.05, 4.69) is 15.6 Å². The highest BCUT2D eigenvalue weighted by Gasteiger charge is 2.39. The lowest BCUT2D eigenvalue weighted by Gasteiger charge is -2.38. The predicted octanol–water partition coefficient (Wildman–Crippen LogP) is 0.686. The monoisotopic (exact) mass is 518 g/mol. The van der Waals surface area contributed by atoms with E-state index in [1.807, 2.05) is 0 Å². The number of amides is 2. The topological polar surface area (TPSA) is 172 Å². The number of nitrogens with zero attached hydrogens (tertiary/aromatic N) is 1. The summed E-state index contributed by atoms with van der Waals surface area (Å²) in [5, 5.41) is 26.5. The molecular formula is C25H34N4O8. The number of carbonyl (C=O) groups excluding carboxylic acids is 2. The van der Waals surface area contributed by atoms with Crippen LogP contribution in [0.2, 0.25) is 0 Å². The number of H-pyrrole nitrogens is 1. The van der Waals surface area contributed by atoms with Crippen molar-refractivity contribution in [2.24, 2.45) is 0 Å². The highest BCUT2D eigenvalue weighted by molar-refractivity contribution is 5.94. The van der Waals surface area contributed by atoms with Gasteiger partial charge in [-0.25, -0.2) is 9.59 Å². The molecule has 1 aliphatic carbocycles. The molecule has 0 aliphatic heterocycles. The molecule has 3 rings (SSSR count). The fraction of sp³-hybridized carbons (Fsp3) is 0.520. The summed E-state index contributed by atoms with van der Waals surface area (Å²) in [6.07, 6.45) is -0.637. The van der Waals surface area contributed by atoms with Crippen LogP contribution in [0, 0.1) is 0 Å². The van der Waals surface area contributed by atoms with E-state index in [1.54, 1.807) is 45.0 Å². The number of alkyl carbamates (subject to hydrolysis) is 1. The number of aliphatic hydroxyl groups is 2. The summed E-state index contributed by atoms with van der Waals surface area (Å²) in [4.78, 5) is 49.8. The number of ether oxygens (including phenoxy) is 2. The van der Waals surface area contributed by atoms with Gasteiger partial charge in [0, 0.05) is 24.4 Å². The number of nitrogens with one attached hydrogen (secondary N) is 3. The fourth-order valence-electron chi connectivity index (χ4n) is 4.03. The molecule has 1 fully saturated rings. The highest BCUT2D eigenvalue weighted by Crippen LogP contribution is 2.28. The minimum absolute atomic E-state index is 0.310. The van der Waals surface area contributed by atoms with Crippen molar-refractivity contribution in [1.82, 2.24) is 20.2 Å². The molecule has 0 saturated heterocycles. The first-order valence-corrected chi connectivity index (χ1v) is 12.1. The average molecular weight is 519 g/mol. The van der Waals surface area contributed by atoms with Gasteiger partial charge in [0.05, 0.1) is 18.7 Å². The normalized spacial score (nSPS) is 21.6. The summed E-state index contributed by atoms with van der Waals surface area (Å²) >= 11 is 0. The van der Waals surface area contributed by atoms with E-state index in [0.29, 0.717) is 43.7 Å². The molecular weight excluding hydrogens is 484 g/mol. The second-order valence-electron chi connectivity index (χ2n) is 9.88. The zero-order valence-electron chi connectivity index (χ0n) is 21.1. The molecule has 1 aromatic carbocycles. The van der Waals surface area contributed by atoms with Gasteiger partial charge in [-0.3, -0.25) is 19.1 Å². The van der Waals surface area contributed by atoms with E-state index >= 15 is 0 Å². The Morgan fingerprint density at radius 1 is 1.08 bits per heavy atom. The molecule has 0 radical (unpaired) electrons. The smallest absolute Gasteiger partial charge is 0.407 e. The van der Waals surface area contributed by atoms with Crippen LogP contribution in [-0.2, 0) is 4.74 Å². The fourth-order valence-corrected chi connectivity index (χ4v) is 4.03. The van der Waals surface area contributed by atoms with Crippen LogP contribution >= 0.6 is 0 Å². The quantitative estimate of drug-likeness (QED) is 0.318. The first-order valence-electron chi connectivity index (χ1n) is 12.1. The maximum Gasteiger partial charge on any atom is 0.407 e. The van der Waals surface area contributed by atoms with Crippen molar-refractivity contribution in [2.45, 2.75) is 69.9 Å². The second kappa shape index (κ2) is 12.1. The van der Waals surface area contributed by atoms with Gasteiger partial charge in [0.2, 0.25) is 0 Å². The van der Waals surface area contributed by atoms with Gasteiger partial charge in [0.1, 0.15) is 23.6 Å². The molecule has 0 spiro atoms. The van der Waals surface area contributed by atoms with E-state index in [4.69, 9.17) is 9.47 Å². The third-order valence-corrected chi connectivity index (χ3v) is 5.83. The number of aromatic nitrogens is 2. The molecule has 37 heavy (non-hydrogen) atoms. The van der Waals surface area contributed by atoms with Crippen LogP contribution in [0.25, 0.3) is 0 Å². The summed E-state index contributed by atoms with van der Waals surface area (Å²) in [6.45, 7) is 6.11. The van der Waals surface area contributed by atoms with Gasteiger partial charge in [-0.2, -0.15) is 0 Å². The maximum atomic E-state index is 12.7. The van der Waals surface area contributed by atoms with E-state index in [1.165, 1.54) is 16.8 Å². The van der Waals surface area contributed by atoms with E-state index in [-0.39, 0.29) is 0 Å². The Hall–Kier alpha value is -3.64. The number of benzene rings is 1. The molecule has 1 saturated carbocycles. The Kier molecular flexibility index (Phi) is 9.11. The molecule has 5 N–H and O–H groups in total. The zero-order valence-corrected chi connectivity index (χ0v) is 21.1. The van der Waals surface area contributed by atoms with Gasteiger partial charge in [-0.05, 0) is 64.3 Å². The van der Waals surface area contributed by atoms with Gasteiger partial charge >= 0.3 is 11.8 Å². The number of aliphatic hydroxyl groups excluding tert-OH is 2. The Morgan fingerprint density at radius 2 is 1.78 bits per heavy atom. The molecule has 12 nitrogen and oxygen atoms in total. The Morgan fingerprint density at radius 3 is 2.43 bits per heavy atom. The molecule has 1 aromatic heterocycles. The van der Waals surface area contributed by atoms with Gasteiger partial charge in [-0.1, -0.05) is 0 Å². The van der Waals surface area contributed by atoms with Crippen molar-refractivity contribution in [1.29, 1.82) is 0 Å². The molecule has 1 aliphatic rings. The first-order chi connectivity index (χ1) is 17.4. The number of aromatic amines is 1. The van der Waals surface area contributed by atoms with E-state index < -0.39 is 53.1 Å². The highest BCUT2D eigenvalue weighted by atomic mass is 16.6. The van der Waals surface area contributed by atoms with Gasteiger partial charge < -0.3 is 30.3 Å². The van der Waals surface area contributed by atoms with Crippen LogP contribution < -0.4 is 26.6 Å². The lowest BCUT2D eigenvalue weighted by Crippen LogP contribution is -2.55. The van der Waals surface area contributed by atoms with Crippen LogP contribution in [-0.4, -0.2) is 68.8 Å². The van der Waals surface area contributed by atoms with Crippen LogP contribution in [0.5, 0.6) is 5.75 Å². The summed E-state index contributed by atoms with van der Waals surface area (Å²) in [5.41, 5.74) is -1.44. The van der Waals surface area contributed by atoms with Crippen molar-refractivity contribution in [3.8, 4) is 5.75 Å². The molecule has 0 bridgehead atoms. The molecule has 0 unspecified atom stereocenters. The molecule has 202 valence electrons. The Balaban J connectivity index is 1.45. The van der Waals surface area contributed by atoms with Crippen LogP contribution in [0.4, 0.5) is 4.79 Å². The zero-order chi connectivity index (χ0) is 27.2. The minimum Gasteiger partial charge on any atom is -0.494 e. The van der Waals surface area contributed by atoms with Crippen LogP contribution in [0.15, 0.2) is 46.1 Å². The second-order valence-corrected chi connectivity index (χ2v) is 9.88. The molecule has 2 aromatic rings. The van der Waals surface area contributed by atoms with Crippen molar-refractivity contribution in [3.05, 3.63) is 62.9 Å². The maximum absolute atomic E-state index is 12.7. The van der Waals surface area contributed by atoms with E-state index in [0.717, 1.165) is 0 Å². The number of hydrogen-bond acceptors (Lipinski definition) is 8. The number of hydrogen-bond donors (Lipinski definition) is 5. The van der Waals surface area contributed by atoms with Crippen molar-refractivity contribution in [3.63, 3.8) is 0 Å². The third kappa shape index (κ3) is 7.92. The van der Waals surface area contributed by atoms with Crippen molar-refractivity contribution >= 4 is 12.0 Å². The van der Waals surface area contributed by atoms with E-state index in [9.17, 15) is 29.4 Å². The Labute approximate surface area is 213 Å². The van der Waals surface area contributed by atoms with Crippen LogP contribution in [0.3, 0.4) is 0 Å².